The molecule has 2 nitrogen and oxygen atoms in total. The van der Waals surface area contributed by atoms with Gasteiger partial charge in [0.2, 0.25) is 0 Å². The molecule has 2 heterocycles. The average Bonchev–Trinajstić information content (AvgIpc) is 3.27. The van der Waals surface area contributed by atoms with Crippen LogP contribution < -0.4 is 0 Å². The Balaban J connectivity index is 1.85. The molecule has 0 radical (unpaired) electrons. The maximum Gasteiger partial charge on any atom is 0.169 e. The number of hydrogen-bond acceptors (Lipinski definition) is 2. The molecule has 0 amide bonds. The Hall–Kier alpha value is -1.91. The standard InChI is InChI=1S/C24H30N2SSi/c1-16(2)28(17(3)4,18(5)6)26-12-11-21-13-19(7-9-23(21)26)20-8-10-24-22(14-20)25-15-27-24/h7-18H,1-6H3. The summed E-state index contributed by atoms with van der Waals surface area (Å²) in [4.78, 5) is 4.48. The van der Waals surface area contributed by atoms with Crippen LogP contribution in [0.15, 0.2) is 54.2 Å². The van der Waals surface area contributed by atoms with E-state index in [2.05, 4.69) is 99.4 Å². The Kier molecular flexibility index (Phi) is 4.96. The van der Waals surface area contributed by atoms with Crippen LogP contribution in [0.3, 0.4) is 0 Å². The monoisotopic (exact) mass is 406 g/mol. The molecule has 0 saturated carbocycles. The second-order valence-corrected chi connectivity index (χ2v) is 15.5. The molecule has 0 spiro atoms. The SMILES string of the molecule is CC(C)[Si](C(C)C)(C(C)C)n1ccc2cc(-c3ccc4scnc4c3)ccc21. The fourth-order valence-electron chi connectivity index (χ4n) is 5.53. The summed E-state index contributed by atoms with van der Waals surface area (Å²) in [6.45, 7) is 14.6. The quantitative estimate of drug-likeness (QED) is 0.307. The summed E-state index contributed by atoms with van der Waals surface area (Å²) in [7, 11) is -1.73. The van der Waals surface area contributed by atoms with E-state index in [1.54, 1.807) is 11.3 Å². The summed E-state index contributed by atoms with van der Waals surface area (Å²) < 4.78 is 3.94. The molecule has 0 N–H and O–H groups in total. The minimum Gasteiger partial charge on any atom is -0.373 e. The summed E-state index contributed by atoms with van der Waals surface area (Å²) in [6, 6.07) is 15.9. The van der Waals surface area contributed by atoms with Crippen LogP contribution in [-0.2, 0) is 0 Å². The van der Waals surface area contributed by atoms with Gasteiger partial charge in [0, 0.05) is 5.52 Å². The molecule has 0 unspecified atom stereocenters. The van der Waals surface area contributed by atoms with Gasteiger partial charge >= 0.3 is 0 Å². The lowest BCUT2D eigenvalue weighted by molar-refractivity contribution is 0.773. The van der Waals surface area contributed by atoms with Crippen LogP contribution in [0.2, 0.25) is 16.6 Å². The predicted molar refractivity (Wildman–Crippen MR) is 127 cm³/mol. The molecule has 2 aromatic carbocycles. The minimum atomic E-state index is -1.73. The van der Waals surface area contributed by atoms with Gasteiger partial charge in [-0.3, -0.25) is 0 Å². The van der Waals surface area contributed by atoms with Crippen molar-refractivity contribution >= 4 is 40.7 Å². The van der Waals surface area contributed by atoms with Gasteiger partial charge in [0.1, 0.15) is 0 Å². The fourth-order valence-corrected chi connectivity index (χ4v) is 12.8. The number of thiazole rings is 1. The van der Waals surface area contributed by atoms with Crippen LogP contribution in [0.1, 0.15) is 41.5 Å². The van der Waals surface area contributed by atoms with Gasteiger partial charge < -0.3 is 4.23 Å². The normalized spacial score (nSPS) is 12.9. The zero-order chi connectivity index (χ0) is 20.1. The van der Waals surface area contributed by atoms with Crippen molar-refractivity contribution in [3.05, 3.63) is 54.2 Å². The van der Waals surface area contributed by atoms with E-state index >= 15 is 0 Å². The minimum absolute atomic E-state index is 0.690. The van der Waals surface area contributed by atoms with Crippen LogP contribution in [0.5, 0.6) is 0 Å². The van der Waals surface area contributed by atoms with E-state index in [-0.39, 0.29) is 0 Å². The highest BCUT2D eigenvalue weighted by molar-refractivity contribution is 7.16. The molecule has 4 heteroatoms. The lowest BCUT2D eigenvalue weighted by Gasteiger charge is -2.44. The molecule has 2 aromatic heterocycles. The van der Waals surface area contributed by atoms with Gasteiger partial charge in [0.05, 0.1) is 15.7 Å². The first-order valence-corrected chi connectivity index (χ1v) is 13.4. The van der Waals surface area contributed by atoms with Gasteiger partial charge in [-0.1, -0.05) is 53.7 Å². The van der Waals surface area contributed by atoms with Crippen molar-refractivity contribution in [2.45, 2.75) is 58.2 Å². The molecule has 146 valence electrons. The number of rotatable bonds is 5. The number of nitrogens with zero attached hydrogens (tertiary/aromatic N) is 2. The lowest BCUT2D eigenvalue weighted by Crippen LogP contribution is -2.51. The maximum absolute atomic E-state index is 4.48. The Morgan fingerprint density at radius 3 is 2.14 bits per heavy atom. The molecule has 0 aliphatic heterocycles. The van der Waals surface area contributed by atoms with Gasteiger partial charge in [-0.25, -0.2) is 4.98 Å². The molecule has 0 bridgehead atoms. The first kappa shape index (κ1) is 19.4. The number of fused-ring (bicyclic) bond motifs is 2. The van der Waals surface area contributed by atoms with Gasteiger partial charge in [-0.15, -0.1) is 11.3 Å². The molecule has 28 heavy (non-hydrogen) atoms. The highest BCUT2D eigenvalue weighted by Gasteiger charge is 2.45. The number of aromatic nitrogens is 2. The summed E-state index contributed by atoms with van der Waals surface area (Å²) in [5, 5.41) is 1.34. The molecular weight excluding hydrogens is 376 g/mol. The number of benzene rings is 2. The predicted octanol–water partition coefficient (Wildman–Crippen LogP) is 7.94. The van der Waals surface area contributed by atoms with Crippen LogP contribution in [0.25, 0.3) is 32.2 Å². The van der Waals surface area contributed by atoms with Gasteiger partial charge in [0.15, 0.2) is 8.24 Å². The second kappa shape index (κ2) is 7.16. The van der Waals surface area contributed by atoms with Crippen molar-refractivity contribution in [2.24, 2.45) is 0 Å². The summed E-state index contributed by atoms with van der Waals surface area (Å²) in [5.41, 5.74) is 8.98. The third kappa shape index (κ3) is 2.85. The molecule has 4 rings (SSSR count). The van der Waals surface area contributed by atoms with Crippen LogP contribution in [0.4, 0.5) is 0 Å². The molecule has 0 saturated heterocycles. The molecular formula is C24H30N2SSi. The van der Waals surface area contributed by atoms with Crippen LogP contribution in [-0.4, -0.2) is 17.5 Å². The highest BCUT2D eigenvalue weighted by atomic mass is 32.1. The Morgan fingerprint density at radius 1 is 0.821 bits per heavy atom. The van der Waals surface area contributed by atoms with Crippen molar-refractivity contribution in [3.63, 3.8) is 0 Å². The van der Waals surface area contributed by atoms with E-state index in [0.29, 0.717) is 16.6 Å². The lowest BCUT2D eigenvalue weighted by atomic mass is 10.0. The zero-order valence-corrected chi connectivity index (χ0v) is 19.5. The Bertz CT molecular complexity index is 1100. The van der Waals surface area contributed by atoms with E-state index in [1.807, 2.05) is 5.51 Å². The number of hydrogen-bond donors (Lipinski definition) is 0. The van der Waals surface area contributed by atoms with Gasteiger partial charge in [-0.05, 0) is 69.7 Å². The molecule has 0 atom stereocenters. The van der Waals surface area contributed by atoms with Crippen molar-refractivity contribution in [2.75, 3.05) is 0 Å². The van der Waals surface area contributed by atoms with Gasteiger partial charge in [-0.2, -0.15) is 0 Å². The summed E-state index contributed by atoms with van der Waals surface area (Å²) in [5.74, 6) is 0. The zero-order valence-electron chi connectivity index (χ0n) is 17.7. The van der Waals surface area contributed by atoms with Gasteiger partial charge in [0.25, 0.3) is 0 Å². The Morgan fingerprint density at radius 2 is 1.46 bits per heavy atom. The van der Waals surface area contributed by atoms with E-state index in [1.165, 1.54) is 26.7 Å². The average molecular weight is 407 g/mol. The smallest absolute Gasteiger partial charge is 0.169 e. The maximum atomic E-state index is 4.48. The van der Waals surface area contributed by atoms with E-state index in [9.17, 15) is 0 Å². The molecule has 4 aromatic rings. The van der Waals surface area contributed by atoms with Crippen molar-refractivity contribution < 1.29 is 0 Å². The fraction of sp³-hybridized carbons (Fsp3) is 0.375. The third-order valence-electron chi connectivity index (χ3n) is 6.55. The first-order chi connectivity index (χ1) is 13.4. The first-order valence-electron chi connectivity index (χ1n) is 10.3. The van der Waals surface area contributed by atoms with E-state index in [4.69, 9.17) is 0 Å². The molecule has 0 fully saturated rings. The van der Waals surface area contributed by atoms with Crippen molar-refractivity contribution in [1.82, 2.24) is 9.22 Å². The van der Waals surface area contributed by atoms with Crippen molar-refractivity contribution in [1.29, 1.82) is 0 Å². The van der Waals surface area contributed by atoms with E-state index < -0.39 is 8.24 Å². The second-order valence-electron chi connectivity index (χ2n) is 8.85. The Labute approximate surface area is 173 Å². The summed E-state index contributed by atoms with van der Waals surface area (Å²) >= 11 is 1.70. The van der Waals surface area contributed by atoms with Crippen molar-refractivity contribution in [3.8, 4) is 11.1 Å². The third-order valence-corrected chi connectivity index (χ3v) is 14.1. The van der Waals surface area contributed by atoms with E-state index in [0.717, 1.165) is 5.52 Å². The largest absolute Gasteiger partial charge is 0.373 e. The highest BCUT2D eigenvalue weighted by Crippen LogP contribution is 2.44. The summed E-state index contributed by atoms with van der Waals surface area (Å²) in [6.07, 6.45) is 2.37. The van der Waals surface area contributed by atoms with Crippen LogP contribution >= 0.6 is 11.3 Å². The molecule has 0 aliphatic carbocycles. The molecule has 0 aliphatic rings. The topological polar surface area (TPSA) is 17.8 Å². The van der Waals surface area contributed by atoms with Crippen LogP contribution in [0, 0.1) is 0 Å².